The van der Waals surface area contributed by atoms with Gasteiger partial charge in [-0.2, -0.15) is 13.2 Å². The van der Waals surface area contributed by atoms with E-state index in [0.717, 1.165) is 12.4 Å². The van der Waals surface area contributed by atoms with Crippen molar-refractivity contribution in [2.24, 2.45) is 0 Å². The van der Waals surface area contributed by atoms with E-state index < -0.39 is 17.5 Å². The number of carbonyl (C=O) groups is 1. The number of likely N-dealkylation sites (tertiary alicyclic amines) is 1. The molecule has 3 rings (SSSR count). The van der Waals surface area contributed by atoms with Crippen LogP contribution in [0.15, 0.2) is 12.4 Å². The molecule has 2 aliphatic heterocycles. The molecular formula is C15H19F3N4O2. The third kappa shape index (κ3) is 3.25. The largest absolute Gasteiger partial charge is 0.444 e. The van der Waals surface area contributed by atoms with E-state index in [9.17, 15) is 18.0 Å². The van der Waals surface area contributed by atoms with Gasteiger partial charge >= 0.3 is 12.3 Å². The summed E-state index contributed by atoms with van der Waals surface area (Å²) in [6, 6.07) is 0.825. The molecule has 3 heterocycles. The predicted molar refractivity (Wildman–Crippen MR) is 79.5 cm³/mol. The van der Waals surface area contributed by atoms with Crippen LogP contribution in [0.2, 0.25) is 0 Å². The van der Waals surface area contributed by atoms with Crippen LogP contribution >= 0.6 is 0 Å². The number of halogens is 3. The van der Waals surface area contributed by atoms with Crippen molar-refractivity contribution in [3.63, 3.8) is 0 Å². The number of hydrogen-bond acceptors (Lipinski definition) is 5. The minimum absolute atomic E-state index is 0.0569. The fraction of sp³-hybridized carbons (Fsp3) is 0.667. The molecule has 0 unspecified atom stereocenters. The van der Waals surface area contributed by atoms with Crippen LogP contribution in [0.5, 0.6) is 0 Å². The maximum atomic E-state index is 12.8. The van der Waals surface area contributed by atoms with E-state index in [1.165, 1.54) is 0 Å². The van der Waals surface area contributed by atoms with Gasteiger partial charge in [0.05, 0.1) is 12.1 Å². The Labute approximate surface area is 137 Å². The summed E-state index contributed by atoms with van der Waals surface area (Å²) in [7, 11) is 0. The third-order valence-electron chi connectivity index (χ3n) is 4.11. The van der Waals surface area contributed by atoms with E-state index in [1.807, 2.05) is 4.90 Å². The molecule has 2 bridgehead atoms. The molecule has 0 radical (unpaired) electrons. The second kappa shape index (κ2) is 5.49. The number of piperazine rings is 1. The topological polar surface area (TPSA) is 58.6 Å². The van der Waals surface area contributed by atoms with Crippen LogP contribution in [0.3, 0.4) is 0 Å². The Bertz CT molecular complexity index is 644. The summed E-state index contributed by atoms with van der Waals surface area (Å²) in [6.45, 7) is 6.25. The molecule has 9 heteroatoms. The van der Waals surface area contributed by atoms with Crippen LogP contribution in [0.1, 0.15) is 32.9 Å². The monoisotopic (exact) mass is 344 g/mol. The van der Waals surface area contributed by atoms with Crippen molar-refractivity contribution in [1.82, 2.24) is 14.9 Å². The maximum absolute atomic E-state index is 12.8. The second-order valence-corrected chi connectivity index (χ2v) is 7.09. The van der Waals surface area contributed by atoms with E-state index in [2.05, 4.69) is 9.97 Å². The maximum Gasteiger partial charge on any atom is 0.433 e. The molecule has 1 aromatic heterocycles. The molecule has 1 amide bonds. The number of anilines is 1. The highest BCUT2D eigenvalue weighted by Crippen LogP contribution is 2.36. The molecule has 6 nitrogen and oxygen atoms in total. The van der Waals surface area contributed by atoms with Crippen LogP contribution in [0, 0.1) is 0 Å². The summed E-state index contributed by atoms with van der Waals surface area (Å²) >= 11 is 0. The van der Waals surface area contributed by atoms with Crippen molar-refractivity contribution >= 4 is 11.9 Å². The normalized spacial score (nSPS) is 23.8. The first kappa shape index (κ1) is 16.8. The number of ether oxygens (including phenoxy) is 1. The predicted octanol–water partition coefficient (Wildman–Crippen LogP) is 2.69. The number of alkyl halides is 3. The highest BCUT2D eigenvalue weighted by molar-refractivity contribution is 5.70. The number of fused-ring (bicyclic) bond motifs is 2. The Morgan fingerprint density at radius 3 is 2.46 bits per heavy atom. The smallest absolute Gasteiger partial charge is 0.433 e. The average molecular weight is 344 g/mol. The Balaban J connectivity index is 1.71. The molecule has 1 aromatic rings. The highest BCUT2D eigenvalue weighted by atomic mass is 19.4. The van der Waals surface area contributed by atoms with Gasteiger partial charge in [-0.25, -0.2) is 14.8 Å². The summed E-state index contributed by atoms with van der Waals surface area (Å²) in [4.78, 5) is 22.9. The van der Waals surface area contributed by atoms with Gasteiger partial charge in [-0.05, 0) is 27.2 Å². The molecule has 132 valence electrons. The van der Waals surface area contributed by atoms with Crippen molar-refractivity contribution in [2.75, 3.05) is 18.0 Å². The summed E-state index contributed by atoms with van der Waals surface area (Å²) in [5, 5.41) is 0. The average Bonchev–Trinajstić information content (AvgIpc) is 3.04. The van der Waals surface area contributed by atoms with Gasteiger partial charge in [-0.3, -0.25) is 0 Å². The molecule has 2 saturated heterocycles. The SMILES string of the molecule is CC(C)(C)OC(=O)N1C[C@@H]2C[C@H]1CN2c1cc(C(F)(F)F)ncn1. The van der Waals surface area contributed by atoms with Crippen molar-refractivity contribution < 1.29 is 22.7 Å². The quantitative estimate of drug-likeness (QED) is 0.784. The van der Waals surface area contributed by atoms with E-state index in [1.54, 1.807) is 25.7 Å². The Morgan fingerprint density at radius 1 is 1.21 bits per heavy atom. The lowest BCUT2D eigenvalue weighted by Gasteiger charge is -2.35. The Kier molecular flexibility index (Phi) is 3.84. The Morgan fingerprint density at radius 2 is 1.92 bits per heavy atom. The zero-order valence-electron chi connectivity index (χ0n) is 13.7. The van der Waals surface area contributed by atoms with Gasteiger partial charge in [0.1, 0.15) is 23.4 Å². The first-order valence-corrected chi connectivity index (χ1v) is 7.70. The molecular weight excluding hydrogens is 325 g/mol. The van der Waals surface area contributed by atoms with Gasteiger partial charge in [0.2, 0.25) is 0 Å². The first-order valence-electron chi connectivity index (χ1n) is 7.70. The molecule has 0 spiro atoms. The van der Waals surface area contributed by atoms with Gasteiger partial charge < -0.3 is 14.5 Å². The standard InChI is InChI=1S/C15H19F3N4O2/c1-14(2,3)24-13(23)22-7-9-4-10(22)6-21(9)12-5-11(15(16,17)18)19-8-20-12/h5,8-10H,4,6-7H2,1-3H3/t9-,10-/m0/s1. The molecule has 2 fully saturated rings. The van der Waals surface area contributed by atoms with Crippen LogP contribution in [0.25, 0.3) is 0 Å². The van der Waals surface area contributed by atoms with E-state index in [0.29, 0.717) is 19.5 Å². The molecule has 0 aliphatic carbocycles. The molecule has 0 saturated carbocycles. The fourth-order valence-corrected chi connectivity index (χ4v) is 3.15. The fourth-order valence-electron chi connectivity index (χ4n) is 3.15. The minimum Gasteiger partial charge on any atom is -0.444 e. The number of nitrogens with zero attached hydrogens (tertiary/aromatic N) is 4. The first-order chi connectivity index (χ1) is 11.0. The summed E-state index contributed by atoms with van der Waals surface area (Å²) in [5.41, 5.74) is -1.54. The van der Waals surface area contributed by atoms with Crippen molar-refractivity contribution in [3.8, 4) is 0 Å². The lowest BCUT2D eigenvalue weighted by molar-refractivity contribution is -0.141. The van der Waals surface area contributed by atoms with Gasteiger partial charge in [-0.15, -0.1) is 0 Å². The van der Waals surface area contributed by atoms with Gasteiger partial charge in [-0.1, -0.05) is 0 Å². The number of aromatic nitrogens is 2. The highest BCUT2D eigenvalue weighted by Gasteiger charge is 2.47. The van der Waals surface area contributed by atoms with Crippen molar-refractivity contribution in [1.29, 1.82) is 0 Å². The van der Waals surface area contributed by atoms with Crippen LogP contribution in [0.4, 0.5) is 23.8 Å². The number of hydrogen-bond donors (Lipinski definition) is 0. The molecule has 0 aromatic carbocycles. The van der Waals surface area contributed by atoms with Crippen LogP contribution < -0.4 is 4.90 Å². The van der Waals surface area contributed by atoms with Crippen molar-refractivity contribution in [3.05, 3.63) is 18.1 Å². The number of carbonyl (C=O) groups excluding carboxylic acids is 1. The van der Waals surface area contributed by atoms with Crippen LogP contribution in [-0.2, 0) is 10.9 Å². The zero-order chi connectivity index (χ0) is 17.7. The molecule has 0 N–H and O–H groups in total. The summed E-state index contributed by atoms with van der Waals surface area (Å²) < 4.78 is 43.7. The summed E-state index contributed by atoms with van der Waals surface area (Å²) in [5.74, 6) is 0.244. The van der Waals surface area contributed by atoms with E-state index in [4.69, 9.17) is 4.74 Å². The molecule has 24 heavy (non-hydrogen) atoms. The Hall–Kier alpha value is -2.06. The van der Waals surface area contributed by atoms with Crippen molar-refractivity contribution in [2.45, 2.75) is 51.1 Å². The van der Waals surface area contributed by atoms with Gasteiger partial charge in [0.25, 0.3) is 0 Å². The van der Waals surface area contributed by atoms with Crippen LogP contribution in [-0.4, -0.2) is 51.7 Å². The molecule has 2 atom stereocenters. The van der Waals surface area contributed by atoms with Gasteiger partial charge in [0, 0.05) is 19.2 Å². The lowest BCUT2D eigenvalue weighted by atomic mass is 10.2. The number of rotatable bonds is 1. The summed E-state index contributed by atoms with van der Waals surface area (Å²) in [6.07, 6.45) is -3.26. The molecule has 2 aliphatic rings. The zero-order valence-corrected chi connectivity index (χ0v) is 13.7. The number of amides is 1. The second-order valence-electron chi connectivity index (χ2n) is 7.09. The van der Waals surface area contributed by atoms with E-state index >= 15 is 0 Å². The lowest BCUT2D eigenvalue weighted by Crippen LogP contribution is -2.50. The van der Waals surface area contributed by atoms with E-state index in [-0.39, 0.29) is 24.0 Å². The third-order valence-corrected chi connectivity index (χ3v) is 4.11. The minimum atomic E-state index is -4.50. The van der Waals surface area contributed by atoms with Gasteiger partial charge in [0.15, 0.2) is 0 Å².